The number of fused-ring (bicyclic) bond motifs is 5. The van der Waals surface area contributed by atoms with Crippen LogP contribution in [-0.2, 0) is 0 Å². The Hall–Kier alpha value is 0.170. The minimum absolute atomic E-state index is 0.195. The molecule has 7 aliphatic rings. The van der Waals surface area contributed by atoms with E-state index in [0.717, 1.165) is 76.2 Å². The van der Waals surface area contributed by atoms with E-state index in [9.17, 15) is 0 Å². The molecule has 0 saturated heterocycles. The lowest BCUT2D eigenvalue weighted by Crippen LogP contribution is -2.45. The maximum Gasteiger partial charge on any atom is -0.0141 e. The molecule has 7 rings (SSSR count). The fourth-order valence-corrected chi connectivity index (χ4v) is 21.4. The van der Waals surface area contributed by atoms with Crippen LogP contribution in [0.15, 0.2) is 12.2 Å². The predicted molar refractivity (Wildman–Crippen MR) is 249 cm³/mol. The maximum absolute atomic E-state index is 2.97. The van der Waals surface area contributed by atoms with Gasteiger partial charge in [0, 0.05) is 0 Å². The quantitative estimate of drug-likeness (QED) is 0.0695. The zero-order valence-corrected chi connectivity index (χ0v) is 39.3. The Labute approximate surface area is 352 Å². The Kier molecular flexibility index (Phi) is 17.6. The highest BCUT2D eigenvalue weighted by Gasteiger charge is 2.64. The van der Waals surface area contributed by atoms with Crippen molar-refractivity contribution in [2.75, 3.05) is 0 Å². The molecule has 0 amide bonds. The average molecular weight is 789 g/mol. The van der Waals surface area contributed by atoms with Gasteiger partial charge in [-0.1, -0.05) is 183 Å². The van der Waals surface area contributed by atoms with Crippen molar-refractivity contribution >= 4 is 7.92 Å². The predicted octanol–water partition coefficient (Wildman–Crippen LogP) is 18.1. The van der Waals surface area contributed by atoms with E-state index in [4.69, 9.17) is 0 Å². The van der Waals surface area contributed by atoms with E-state index < -0.39 is 0 Å². The number of hydrogen-bond donors (Lipinski definition) is 0. The molecule has 0 nitrogen and oxygen atoms in total. The van der Waals surface area contributed by atoms with Crippen LogP contribution in [0, 0.1) is 64.6 Å². The molecule has 0 aromatic heterocycles. The summed E-state index contributed by atoms with van der Waals surface area (Å²) in [6.45, 7) is 10.2. The Morgan fingerprint density at radius 1 is 0.482 bits per heavy atom. The van der Waals surface area contributed by atoms with Gasteiger partial charge in [0.1, 0.15) is 0 Å². The van der Waals surface area contributed by atoms with E-state index >= 15 is 0 Å². The van der Waals surface area contributed by atoms with E-state index in [-0.39, 0.29) is 7.92 Å². The van der Waals surface area contributed by atoms with Gasteiger partial charge in [-0.05, 0) is 171 Å². The van der Waals surface area contributed by atoms with E-state index in [2.05, 4.69) is 39.8 Å². The van der Waals surface area contributed by atoms with Gasteiger partial charge >= 0.3 is 0 Å². The summed E-state index contributed by atoms with van der Waals surface area (Å²) in [7, 11) is 0.195. The highest BCUT2D eigenvalue weighted by atomic mass is 31.1. The van der Waals surface area contributed by atoms with Gasteiger partial charge in [-0.25, -0.2) is 0 Å². The van der Waals surface area contributed by atoms with Gasteiger partial charge in [-0.15, -0.1) is 0 Å². The highest BCUT2D eigenvalue weighted by Crippen LogP contribution is 2.71. The summed E-state index contributed by atoms with van der Waals surface area (Å²) < 4.78 is 0. The van der Waals surface area contributed by atoms with Gasteiger partial charge in [0.05, 0.1) is 0 Å². The van der Waals surface area contributed by atoms with Crippen molar-refractivity contribution in [1.82, 2.24) is 0 Å². The fraction of sp³-hybridized carbons (Fsp3) is 0.964. The van der Waals surface area contributed by atoms with Crippen molar-refractivity contribution in [3.63, 3.8) is 0 Å². The van der Waals surface area contributed by atoms with Gasteiger partial charge in [0.2, 0.25) is 0 Å². The number of unbranched alkanes of at least 4 members (excludes halogenated alkanes) is 10. The molecule has 7 saturated carbocycles. The smallest absolute Gasteiger partial charge is 0.0141 e. The van der Waals surface area contributed by atoms with Gasteiger partial charge in [-0.2, -0.15) is 0 Å². The standard InChI is InChI=1S/C55H97P/c1-5-7-9-11-13-23-37-55(38-24-14-12-10-8-6-2)51-39-42(3)31-35-49(51)54-50-41-44(33-36-48(50)43(4)40-52(54)55)32-34-45-25-21-22-30-53(45)56(46-26-17-15-18-27-46)47-28-19-16-20-29-47/h32,34,42-54H,5-31,33,35-41H2,1-4H3/b34-32+. The first-order chi connectivity index (χ1) is 27.5. The van der Waals surface area contributed by atoms with Crippen LogP contribution in [0.2, 0.25) is 0 Å². The van der Waals surface area contributed by atoms with Crippen LogP contribution >= 0.6 is 7.92 Å². The van der Waals surface area contributed by atoms with E-state index in [1.54, 1.807) is 128 Å². The van der Waals surface area contributed by atoms with Gasteiger partial charge in [-0.3, -0.25) is 0 Å². The average Bonchev–Trinajstić information content (AvgIpc) is 3.49. The topological polar surface area (TPSA) is 0 Å². The molecule has 7 aliphatic carbocycles. The lowest BCUT2D eigenvalue weighted by molar-refractivity contribution is -0.0341. The summed E-state index contributed by atoms with van der Waals surface area (Å²) in [4.78, 5) is 0. The summed E-state index contributed by atoms with van der Waals surface area (Å²) >= 11 is 0. The molecule has 0 radical (unpaired) electrons. The van der Waals surface area contributed by atoms with Crippen molar-refractivity contribution in [1.29, 1.82) is 0 Å². The van der Waals surface area contributed by atoms with Gasteiger partial charge in [0.25, 0.3) is 0 Å². The lowest BCUT2D eigenvalue weighted by Gasteiger charge is -2.53. The first-order valence-corrected chi connectivity index (χ1v) is 28.5. The van der Waals surface area contributed by atoms with Crippen LogP contribution in [0.4, 0.5) is 0 Å². The molecule has 0 bridgehead atoms. The van der Waals surface area contributed by atoms with E-state index in [1.165, 1.54) is 96.3 Å². The minimum Gasteiger partial charge on any atom is -0.0966 e. The van der Waals surface area contributed by atoms with E-state index in [0.29, 0.717) is 5.41 Å². The zero-order valence-electron chi connectivity index (χ0n) is 38.4. The van der Waals surface area contributed by atoms with Crippen LogP contribution < -0.4 is 0 Å². The number of hydrogen-bond acceptors (Lipinski definition) is 0. The normalized spacial score (nSPS) is 38.1. The maximum atomic E-state index is 2.97. The summed E-state index contributed by atoms with van der Waals surface area (Å²) in [6, 6.07) is 0. The van der Waals surface area contributed by atoms with Crippen LogP contribution in [0.25, 0.3) is 0 Å². The lowest BCUT2D eigenvalue weighted by atomic mass is 9.52. The molecule has 1 heteroatoms. The van der Waals surface area contributed by atoms with Crippen molar-refractivity contribution < 1.29 is 0 Å². The highest BCUT2D eigenvalue weighted by molar-refractivity contribution is 7.60. The molecule has 11 unspecified atom stereocenters. The summed E-state index contributed by atoms with van der Waals surface area (Å²) in [5.41, 5.74) is 3.99. The monoisotopic (exact) mass is 789 g/mol. The first kappa shape index (κ1) is 44.2. The molecule has 0 heterocycles. The van der Waals surface area contributed by atoms with Gasteiger partial charge < -0.3 is 0 Å². The molecule has 322 valence electrons. The van der Waals surface area contributed by atoms with Crippen LogP contribution in [0.3, 0.4) is 0 Å². The molecular formula is C55H97P. The summed E-state index contributed by atoms with van der Waals surface area (Å²) in [6.07, 6.45) is 59.7. The molecule has 7 fully saturated rings. The summed E-state index contributed by atoms with van der Waals surface area (Å²) in [5.74, 6) is 10.0. The second-order valence-electron chi connectivity index (χ2n) is 22.7. The largest absolute Gasteiger partial charge is 0.0966 e. The third kappa shape index (κ3) is 10.6. The third-order valence-electron chi connectivity index (χ3n) is 19.2. The van der Waals surface area contributed by atoms with Crippen LogP contribution in [-0.4, -0.2) is 17.0 Å². The molecule has 11 atom stereocenters. The van der Waals surface area contributed by atoms with Crippen molar-refractivity contribution in [2.45, 2.75) is 269 Å². The first-order valence-electron chi connectivity index (χ1n) is 27.0. The van der Waals surface area contributed by atoms with Crippen LogP contribution in [0.5, 0.6) is 0 Å². The Bertz CT molecular complexity index is 1090. The third-order valence-corrected chi connectivity index (χ3v) is 23.4. The van der Waals surface area contributed by atoms with Crippen molar-refractivity contribution in [3.8, 4) is 0 Å². The Morgan fingerprint density at radius 2 is 1.05 bits per heavy atom. The molecule has 0 aromatic rings. The second-order valence-corrected chi connectivity index (χ2v) is 25.7. The molecular weight excluding hydrogens is 692 g/mol. The summed E-state index contributed by atoms with van der Waals surface area (Å²) in [5, 5.41) is 0. The molecule has 56 heavy (non-hydrogen) atoms. The minimum atomic E-state index is 0.195. The van der Waals surface area contributed by atoms with Crippen molar-refractivity contribution in [3.05, 3.63) is 12.2 Å². The van der Waals surface area contributed by atoms with E-state index in [1.807, 2.05) is 0 Å². The molecule has 0 spiro atoms. The number of rotatable bonds is 19. The zero-order chi connectivity index (χ0) is 38.7. The van der Waals surface area contributed by atoms with Gasteiger partial charge in [0.15, 0.2) is 0 Å². The van der Waals surface area contributed by atoms with Crippen molar-refractivity contribution in [2.24, 2.45) is 64.6 Å². The molecule has 0 N–H and O–H groups in total. The number of allylic oxidation sites excluding steroid dienone is 2. The SMILES string of the molecule is CCCCCCCCC1(CCCCCCCC)C2CC(C)CCC2C2C3CC(/C=C/C4CCCCC4P(C4CCCCC4)C4CCCCC4)CCC3C(C)CC21. The molecule has 0 aliphatic heterocycles. The Morgan fingerprint density at radius 3 is 1.70 bits per heavy atom. The molecule has 0 aromatic carbocycles. The second kappa shape index (κ2) is 22.3. The fourth-order valence-electron chi connectivity index (χ4n) is 16.6. The Balaban J connectivity index is 1.09. The van der Waals surface area contributed by atoms with Crippen LogP contribution in [0.1, 0.15) is 252 Å².